The second-order valence-electron chi connectivity index (χ2n) is 5.30. The number of nitrogens with zero attached hydrogens (tertiary/aromatic N) is 1. The second kappa shape index (κ2) is 8.91. The average molecular weight is 350 g/mol. The Balaban J connectivity index is 1.90. The van der Waals surface area contributed by atoms with Gasteiger partial charge in [0, 0.05) is 13.1 Å². The first kappa shape index (κ1) is 18.6. The van der Waals surface area contributed by atoms with Crippen LogP contribution in [0.1, 0.15) is 24.2 Å². The van der Waals surface area contributed by atoms with Crippen molar-refractivity contribution in [3.63, 3.8) is 0 Å². The first-order valence-electron chi connectivity index (χ1n) is 8.16. The van der Waals surface area contributed by atoms with Crippen LogP contribution in [-0.2, 0) is 14.3 Å². The minimum atomic E-state index is -0.639. The van der Waals surface area contributed by atoms with Crippen molar-refractivity contribution in [2.45, 2.75) is 13.8 Å². The predicted octanol–water partition coefficient (Wildman–Crippen LogP) is 0.599. The van der Waals surface area contributed by atoms with Crippen LogP contribution in [0.15, 0.2) is 18.2 Å². The van der Waals surface area contributed by atoms with E-state index in [1.54, 1.807) is 26.0 Å². The molecule has 2 amide bonds. The zero-order chi connectivity index (χ0) is 18.2. The van der Waals surface area contributed by atoms with Crippen molar-refractivity contribution in [2.24, 2.45) is 0 Å². The number of carbonyl (C=O) groups excluding carboxylic acids is 3. The molecule has 2 rings (SSSR count). The second-order valence-corrected chi connectivity index (χ2v) is 5.30. The third kappa shape index (κ3) is 5.10. The number of hydrogen-bond donors (Lipinski definition) is 1. The smallest absolute Gasteiger partial charge is 0.338 e. The number of amides is 2. The topological polar surface area (TPSA) is 94.2 Å². The summed E-state index contributed by atoms with van der Waals surface area (Å²) in [6.45, 7) is 4.76. The Kier molecular flexibility index (Phi) is 6.62. The molecule has 0 aromatic heterocycles. The Bertz CT molecular complexity index is 646. The minimum Gasteiger partial charge on any atom is -0.486 e. The molecule has 1 aliphatic rings. The Morgan fingerprint density at radius 1 is 1.16 bits per heavy atom. The number of benzene rings is 1. The van der Waals surface area contributed by atoms with Gasteiger partial charge in [-0.25, -0.2) is 4.79 Å². The molecule has 1 heterocycles. The molecule has 136 valence electrons. The van der Waals surface area contributed by atoms with E-state index in [4.69, 9.17) is 14.2 Å². The summed E-state index contributed by atoms with van der Waals surface area (Å²) in [5, 5.41) is 2.62. The number of carbonyl (C=O) groups is 3. The fourth-order valence-corrected chi connectivity index (χ4v) is 2.27. The lowest BCUT2D eigenvalue weighted by Gasteiger charge is -2.20. The van der Waals surface area contributed by atoms with Gasteiger partial charge in [0.25, 0.3) is 5.91 Å². The number of fused-ring (bicyclic) bond motifs is 1. The van der Waals surface area contributed by atoms with E-state index >= 15 is 0 Å². The molecule has 8 heteroatoms. The monoisotopic (exact) mass is 350 g/mol. The zero-order valence-electron chi connectivity index (χ0n) is 14.4. The highest BCUT2D eigenvalue weighted by Crippen LogP contribution is 2.30. The zero-order valence-corrected chi connectivity index (χ0v) is 14.4. The number of ether oxygens (including phenoxy) is 3. The van der Waals surface area contributed by atoms with Crippen LogP contribution in [0.2, 0.25) is 0 Å². The highest BCUT2D eigenvalue weighted by Gasteiger charge is 2.19. The van der Waals surface area contributed by atoms with Crippen LogP contribution in [0.5, 0.6) is 11.5 Å². The molecule has 0 atom stereocenters. The number of likely N-dealkylation sites (N-methyl/N-ethyl adjacent to an activating group) is 2. The maximum atomic E-state index is 12.1. The van der Waals surface area contributed by atoms with Crippen LogP contribution in [0.3, 0.4) is 0 Å². The summed E-state index contributed by atoms with van der Waals surface area (Å²) in [7, 11) is 0. The first-order chi connectivity index (χ1) is 12.0. The van der Waals surface area contributed by atoms with Crippen molar-refractivity contribution in [2.75, 3.05) is 39.5 Å². The van der Waals surface area contributed by atoms with Gasteiger partial charge in [0.2, 0.25) is 5.91 Å². The Labute approximate surface area is 146 Å². The van der Waals surface area contributed by atoms with Crippen molar-refractivity contribution in [1.29, 1.82) is 0 Å². The van der Waals surface area contributed by atoms with Crippen LogP contribution in [0, 0.1) is 0 Å². The summed E-state index contributed by atoms with van der Waals surface area (Å²) in [4.78, 5) is 37.1. The molecule has 0 radical (unpaired) electrons. The molecule has 1 aliphatic heterocycles. The van der Waals surface area contributed by atoms with E-state index in [-0.39, 0.29) is 18.0 Å². The van der Waals surface area contributed by atoms with Crippen LogP contribution in [0.25, 0.3) is 0 Å². The molecular weight excluding hydrogens is 328 g/mol. The van der Waals surface area contributed by atoms with E-state index in [0.717, 1.165) is 0 Å². The van der Waals surface area contributed by atoms with Gasteiger partial charge >= 0.3 is 5.97 Å². The molecule has 25 heavy (non-hydrogen) atoms. The quantitative estimate of drug-likeness (QED) is 0.724. The van der Waals surface area contributed by atoms with Gasteiger partial charge in [-0.1, -0.05) is 0 Å². The molecule has 0 fully saturated rings. The summed E-state index contributed by atoms with van der Waals surface area (Å²) >= 11 is 0. The van der Waals surface area contributed by atoms with Crippen LogP contribution >= 0.6 is 0 Å². The van der Waals surface area contributed by atoms with Crippen molar-refractivity contribution < 1.29 is 28.6 Å². The Hall–Kier alpha value is -2.77. The first-order valence-corrected chi connectivity index (χ1v) is 8.16. The lowest BCUT2D eigenvalue weighted by molar-refractivity contribution is -0.138. The third-order valence-electron chi connectivity index (χ3n) is 3.55. The van der Waals surface area contributed by atoms with Crippen molar-refractivity contribution in [3.05, 3.63) is 23.8 Å². The van der Waals surface area contributed by atoms with Gasteiger partial charge in [0.15, 0.2) is 18.1 Å². The summed E-state index contributed by atoms with van der Waals surface area (Å²) in [6, 6.07) is 4.69. The third-order valence-corrected chi connectivity index (χ3v) is 3.55. The number of hydrogen-bond acceptors (Lipinski definition) is 6. The number of rotatable bonds is 7. The summed E-state index contributed by atoms with van der Waals surface area (Å²) < 4.78 is 15.8. The standard InChI is InChI=1S/C17H22N2O6/c1-3-18-15(20)10-19(4-2)16(21)11-25-17(22)12-5-6-13-14(9-12)24-8-7-23-13/h5-6,9H,3-4,7-8,10-11H2,1-2H3,(H,18,20). The summed E-state index contributed by atoms with van der Waals surface area (Å²) in [5.41, 5.74) is 0.267. The Morgan fingerprint density at radius 2 is 1.88 bits per heavy atom. The van der Waals surface area contributed by atoms with E-state index in [1.807, 2.05) is 0 Å². The molecule has 0 saturated carbocycles. The van der Waals surface area contributed by atoms with E-state index in [1.165, 1.54) is 11.0 Å². The minimum absolute atomic E-state index is 0.0647. The molecule has 0 unspecified atom stereocenters. The summed E-state index contributed by atoms with van der Waals surface area (Å²) in [6.07, 6.45) is 0. The van der Waals surface area contributed by atoms with Gasteiger partial charge in [-0.05, 0) is 32.0 Å². The lowest BCUT2D eigenvalue weighted by atomic mass is 10.2. The lowest BCUT2D eigenvalue weighted by Crippen LogP contribution is -2.42. The Morgan fingerprint density at radius 3 is 2.56 bits per heavy atom. The van der Waals surface area contributed by atoms with Gasteiger partial charge < -0.3 is 24.4 Å². The maximum Gasteiger partial charge on any atom is 0.338 e. The van der Waals surface area contributed by atoms with Crippen molar-refractivity contribution in [1.82, 2.24) is 10.2 Å². The molecular formula is C17H22N2O6. The molecule has 8 nitrogen and oxygen atoms in total. The molecule has 0 spiro atoms. The van der Waals surface area contributed by atoms with E-state index in [9.17, 15) is 14.4 Å². The number of nitrogens with one attached hydrogen (secondary N) is 1. The van der Waals surface area contributed by atoms with Gasteiger partial charge in [0.05, 0.1) is 12.1 Å². The van der Waals surface area contributed by atoms with Gasteiger partial charge in [-0.15, -0.1) is 0 Å². The van der Waals surface area contributed by atoms with Gasteiger partial charge in [-0.3, -0.25) is 9.59 Å². The highest BCUT2D eigenvalue weighted by molar-refractivity contribution is 5.92. The summed E-state index contributed by atoms with van der Waals surface area (Å²) in [5.74, 6) is -0.286. The van der Waals surface area contributed by atoms with Crippen LogP contribution in [-0.4, -0.2) is 62.1 Å². The maximum absolute atomic E-state index is 12.1. The fraction of sp³-hybridized carbons (Fsp3) is 0.471. The van der Waals surface area contributed by atoms with Crippen LogP contribution < -0.4 is 14.8 Å². The average Bonchev–Trinajstić information content (AvgIpc) is 2.63. The van der Waals surface area contributed by atoms with Crippen molar-refractivity contribution >= 4 is 17.8 Å². The van der Waals surface area contributed by atoms with Crippen molar-refractivity contribution in [3.8, 4) is 11.5 Å². The largest absolute Gasteiger partial charge is 0.486 e. The highest BCUT2D eigenvalue weighted by atomic mass is 16.6. The number of esters is 1. The SMILES string of the molecule is CCNC(=O)CN(CC)C(=O)COC(=O)c1ccc2c(c1)OCCO2. The van der Waals surface area contributed by atoms with E-state index in [0.29, 0.717) is 37.8 Å². The molecule has 0 aliphatic carbocycles. The molecule has 0 saturated heterocycles. The van der Waals surface area contributed by atoms with E-state index < -0.39 is 18.5 Å². The predicted molar refractivity (Wildman–Crippen MR) is 88.7 cm³/mol. The van der Waals surface area contributed by atoms with Gasteiger partial charge in [-0.2, -0.15) is 0 Å². The van der Waals surface area contributed by atoms with Gasteiger partial charge in [0.1, 0.15) is 13.2 Å². The fourth-order valence-electron chi connectivity index (χ4n) is 2.27. The molecule has 1 aromatic carbocycles. The molecule has 1 aromatic rings. The van der Waals surface area contributed by atoms with E-state index in [2.05, 4.69) is 5.32 Å². The molecule has 0 bridgehead atoms. The normalized spacial score (nSPS) is 12.2. The van der Waals surface area contributed by atoms with Crippen LogP contribution in [0.4, 0.5) is 0 Å². The molecule has 1 N–H and O–H groups in total.